The van der Waals surface area contributed by atoms with Gasteiger partial charge in [-0.05, 0) is 60.4 Å². The number of benzene rings is 2. The standard InChI is InChI=1S/C32H42ClN3O5/c33-27-14-6-10-24(18-27)22-41-32(40)35-29(19-23-8-2-1-3-9-23)31(39)34-28(21-37)15-16-30(38)36-17-7-13-25-11-4-5-12-26(25)20-36/h4-6,10-12,14,18,23,28-29,37H,1-3,7-9,13,15-17,19-22H2,(H,34,39)(H,35,40)/t28-,29-/m0/s1. The number of hydrogen-bond donors (Lipinski definition) is 3. The van der Waals surface area contributed by atoms with Crippen molar-refractivity contribution in [3.05, 3.63) is 70.2 Å². The quantitative estimate of drug-likeness (QED) is 0.340. The van der Waals surface area contributed by atoms with E-state index >= 15 is 0 Å². The molecule has 0 aromatic heterocycles. The maximum atomic E-state index is 13.4. The second kappa shape index (κ2) is 15.8. The van der Waals surface area contributed by atoms with Crippen molar-refractivity contribution >= 4 is 29.5 Å². The summed E-state index contributed by atoms with van der Waals surface area (Å²) in [6.45, 7) is 1.01. The highest BCUT2D eigenvalue weighted by Gasteiger charge is 2.28. The zero-order valence-corrected chi connectivity index (χ0v) is 24.4. The molecule has 9 heteroatoms. The van der Waals surface area contributed by atoms with Crippen molar-refractivity contribution in [2.45, 2.75) is 89.4 Å². The Morgan fingerprint density at radius 2 is 1.78 bits per heavy atom. The molecular weight excluding hydrogens is 542 g/mol. The summed E-state index contributed by atoms with van der Waals surface area (Å²) >= 11 is 6.02. The average molecular weight is 584 g/mol. The Kier molecular flexibility index (Phi) is 11.9. The second-order valence-electron chi connectivity index (χ2n) is 11.3. The number of halogens is 1. The predicted octanol–water partition coefficient (Wildman–Crippen LogP) is 5.14. The molecule has 1 heterocycles. The molecule has 41 heavy (non-hydrogen) atoms. The van der Waals surface area contributed by atoms with Gasteiger partial charge in [0.05, 0.1) is 12.6 Å². The molecule has 1 fully saturated rings. The smallest absolute Gasteiger partial charge is 0.408 e. The van der Waals surface area contributed by atoms with Crippen LogP contribution in [0.5, 0.6) is 0 Å². The molecule has 1 aliphatic heterocycles. The van der Waals surface area contributed by atoms with Crippen LogP contribution in [-0.2, 0) is 33.9 Å². The lowest BCUT2D eigenvalue weighted by molar-refractivity contribution is -0.132. The fourth-order valence-electron chi connectivity index (χ4n) is 5.83. The molecule has 0 radical (unpaired) electrons. The van der Waals surface area contributed by atoms with E-state index in [0.29, 0.717) is 36.9 Å². The third kappa shape index (κ3) is 9.75. The van der Waals surface area contributed by atoms with Crippen LogP contribution in [0, 0.1) is 5.92 Å². The molecule has 2 aromatic rings. The lowest BCUT2D eigenvalue weighted by Gasteiger charge is -2.28. The van der Waals surface area contributed by atoms with Gasteiger partial charge in [0.15, 0.2) is 0 Å². The minimum absolute atomic E-state index is 0.0101. The van der Waals surface area contributed by atoms with Gasteiger partial charge in [-0.2, -0.15) is 0 Å². The Bertz CT molecular complexity index is 1170. The van der Waals surface area contributed by atoms with Gasteiger partial charge in [-0.3, -0.25) is 9.59 Å². The molecule has 2 aromatic carbocycles. The molecule has 0 unspecified atom stereocenters. The Morgan fingerprint density at radius 3 is 2.54 bits per heavy atom. The van der Waals surface area contributed by atoms with E-state index in [9.17, 15) is 19.5 Å². The number of amides is 3. The molecule has 3 amide bonds. The van der Waals surface area contributed by atoms with Crippen molar-refractivity contribution in [3.63, 3.8) is 0 Å². The number of nitrogens with zero attached hydrogens (tertiary/aromatic N) is 1. The van der Waals surface area contributed by atoms with Crippen LogP contribution >= 0.6 is 11.6 Å². The number of rotatable bonds is 11. The number of carbonyl (C=O) groups excluding carboxylic acids is 3. The molecule has 0 saturated heterocycles. The Labute approximate surface area is 247 Å². The normalized spacial score (nSPS) is 17.1. The van der Waals surface area contributed by atoms with Gasteiger partial charge in [-0.25, -0.2) is 4.79 Å². The summed E-state index contributed by atoms with van der Waals surface area (Å²) in [4.78, 5) is 41.0. The van der Waals surface area contributed by atoms with E-state index in [4.69, 9.17) is 16.3 Å². The Morgan fingerprint density at radius 1 is 1.00 bits per heavy atom. The molecular formula is C32H42ClN3O5. The predicted molar refractivity (Wildman–Crippen MR) is 158 cm³/mol. The van der Waals surface area contributed by atoms with Crippen LogP contribution in [0.25, 0.3) is 0 Å². The van der Waals surface area contributed by atoms with E-state index in [1.54, 1.807) is 18.2 Å². The molecule has 8 nitrogen and oxygen atoms in total. The maximum Gasteiger partial charge on any atom is 0.408 e. The Balaban J connectivity index is 1.31. The molecule has 2 atom stereocenters. The largest absolute Gasteiger partial charge is 0.445 e. The highest BCUT2D eigenvalue weighted by molar-refractivity contribution is 6.30. The van der Waals surface area contributed by atoms with Crippen molar-refractivity contribution in [3.8, 4) is 0 Å². The van der Waals surface area contributed by atoms with Crippen molar-refractivity contribution in [1.29, 1.82) is 0 Å². The van der Waals surface area contributed by atoms with Crippen LogP contribution in [-0.4, -0.2) is 53.1 Å². The summed E-state index contributed by atoms with van der Waals surface area (Å²) in [5.74, 6) is -0.0332. The minimum Gasteiger partial charge on any atom is -0.445 e. The fourth-order valence-corrected chi connectivity index (χ4v) is 6.04. The number of aliphatic hydroxyl groups is 1. The SMILES string of the molecule is O=C(N[C@@H](CC1CCCCC1)C(=O)N[C@H](CO)CCC(=O)N1CCCc2ccccc2C1)OCc1cccc(Cl)c1. The van der Waals surface area contributed by atoms with Gasteiger partial charge in [-0.1, -0.05) is 80.1 Å². The van der Waals surface area contributed by atoms with E-state index in [1.807, 2.05) is 23.1 Å². The molecule has 1 aliphatic carbocycles. The summed E-state index contributed by atoms with van der Waals surface area (Å²) in [6, 6.07) is 13.9. The molecule has 0 spiro atoms. The summed E-state index contributed by atoms with van der Waals surface area (Å²) in [5.41, 5.74) is 3.20. The second-order valence-corrected chi connectivity index (χ2v) is 11.7. The first-order valence-electron chi connectivity index (χ1n) is 14.8. The van der Waals surface area contributed by atoms with E-state index in [2.05, 4.69) is 22.8 Å². The van der Waals surface area contributed by atoms with Crippen molar-refractivity contribution < 1.29 is 24.2 Å². The summed E-state index contributed by atoms with van der Waals surface area (Å²) in [5, 5.41) is 16.2. The minimum atomic E-state index is -0.795. The first kappa shape index (κ1) is 30.8. The first-order chi connectivity index (χ1) is 19.9. The van der Waals surface area contributed by atoms with Crippen molar-refractivity contribution in [1.82, 2.24) is 15.5 Å². The zero-order valence-electron chi connectivity index (χ0n) is 23.7. The van der Waals surface area contributed by atoms with Gasteiger partial charge in [0.2, 0.25) is 11.8 Å². The van der Waals surface area contributed by atoms with Crippen LogP contribution < -0.4 is 10.6 Å². The number of carbonyl (C=O) groups is 3. The number of aliphatic hydroxyl groups excluding tert-OH is 1. The van der Waals surface area contributed by atoms with E-state index in [0.717, 1.165) is 44.1 Å². The van der Waals surface area contributed by atoms with Gasteiger partial charge in [0, 0.05) is 24.5 Å². The lowest BCUT2D eigenvalue weighted by atomic mass is 9.84. The van der Waals surface area contributed by atoms with Crippen LogP contribution in [0.3, 0.4) is 0 Å². The number of fused-ring (bicyclic) bond motifs is 1. The molecule has 3 N–H and O–H groups in total. The van der Waals surface area contributed by atoms with Gasteiger partial charge >= 0.3 is 6.09 Å². The molecule has 222 valence electrons. The average Bonchev–Trinajstić information content (AvgIpc) is 3.21. The number of ether oxygens (including phenoxy) is 1. The number of hydrogen-bond acceptors (Lipinski definition) is 5. The summed E-state index contributed by atoms with van der Waals surface area (Å²) < 4.78 is 5.38. The van der Waals surface area contributed by atoms with Crippen LogP contribution in [0.15, 0.2) is 48.5 Å². The molecule has 2 aliphatic rings. The van der Waals surface area contributed by atoms with Gasteiger partial charge in [0.25, 0.3) is 0 Å². The number of alkyl carbamates (subject to hydrolysis) is 1. The molecule has 4 rings (SSSR count). The molecule has 0 bridgehead atoms. The lowest BCUT2D eigenvalue weighted by Crippen LogP contribution is -2.51. The van der Waals surface area contributed by atoms with Crippen LogP contribution in [0.2, 0.25) is 5.02 Å². The Hall–Kier alpha value is -3.10. The number of aryl methyl sites for hydroxylation is 1. The van der Waals surface area contributed by atoms with E-state index in [-0.39, 0.29) is 31.4 Å². The van der Waals surface area contributed by atoms with Crippen molar-refractivity contribution in [2.75, 3.05) is 13.2 Å². The first-order valence-corrected chi connectivity index (χ1v) is 15.2. The van der Waals surface area contributed by atoms with E-state index in [1.165, 1.54) is 17.5 Å². The monoisotopic (exact) mass is 583 g/mol. The maximum absolute atomic E-state index is 13.4. The topological polar surface area (TPSA) is 108 Å². The highest BCUT2D eigenvalue weighted by atomic mass is 35.5. The zero-order chi connectivity index (χ0) is 29.0. The highest BCUT2D eigenvalue weighted by Crippen LogP contribution is 2.27. The third-order valence-corrected chi connectivity index (χ3v) is 8.38. The third-order valence-electron chi connectivity index (χ3n) is 8.14. The van der Waals surface area contributed by atoms with Crippen molar-refractivity contribution in [2.24, 2.45) is 5.92 Å². The van der Waals surface area contributed by atoms with Crippen LogP contribution in [0.1, 0.15) is 74.5 Å². The van der Waals surface area contributed by atoms with Gasteiger partial charge in [-0.15, -0.1) is 0 Å². The summed E-state index contributed by atoms with van der Waals surface area (Å²) in [7, 11) is 0. The fraction of sp³-hybridized carbons (Fsp3) is 0.531. The van der Waals surface area contributed by atoms with Crippen LogP contribution in [0.4, 0.5) is 4.79 Å². The number of nitrogens with one attached hydrogen (secondary N) is 2. The van der Waals surface area contributed by atoms with Gasteiger partial charge < -0.3 is 25.4 Å². The summed E-state index contributed by atoms with van der Waals surface area (Å²) in [6.07, 6.45) is 7.65. The van der Waals surface area contributed by atoms with Gasteiger partial charge in [0.1, 0.15) is 12.6 Å². The molecule has 1 saturated carbocycles. The van der Waals surface area contributed by atoms with E-state index < -0.39 is 18.2 Å².